The lowest BCUT2D eigenvalue weighted by molar-refractivity contribution is 0.0948. The van der Waals surface area contributed by atoms with Gasteiger partial charge in [-0.3, -0.25) is 9.69 Å². The van der Waals surface area contributed by atoms with Crippen LogP contribution in [0.15, 0.2) is 48.5 Å². The van der Waals surface area contributed by atoms with Crippen LogP contribution in [0.25, 0.3) is 0 Å². The average Bonchev–Trinajstić information content (AvgIpc) is 2.71. The minimum absolute atomic E-state index is 0.116. The van der Waals surface area contributed by atoms with E-state index in [0.29, 0.717) is 22.9 Å². The van der Waals surface area contributed by atoms with Crippen LogP contribution < -0.4 is 10.1 Å². The molecule has 29 heavy (non-hydrogen) atoms. The van der Waals surface area contributed by atoms with Gasteiger partial charge in [0, 0.05) is 38.3 Å². The quantitative estimate of drug-likeness (QED) is 0.714. The molecule has 0 radical (unpaired) electrons. The first-order valence-electron chi connectivity index (χ1n) is 10.2. The highest BCUT2D eigenvalue weighted by molar-refractivity contribution is 6.32. The van der Waals surface area contributed by atoms with E-state index in [0.717, 1.165) is 39.0 Å². The Hall–Kier alpha value is -2.08. The third-order valence-corrected chi connectivity index (χ3v) is 5.41. The number of ether oxygens (including phenoxy) is 1. The van der Waals surface area contributed by atoms with Gasteiger partial charge in [0.1, 0.15) is 11.9 Å². The average molecular weight is 416 g/mol. The Bertz CT molecular complexity index is 790. The van der Waals surface area contributed by atoms with Crippen molar-refractivity contribution in [1.82, 2.24) is 15.1 Å². The molecule has 1 N–H and O–H groups in total. The van der Waals surface area contributed by atoms with Gasteiger partial charge in [0.25, 0.3) is 5.91 Å². The first-order chi connectivity index (χ1) is 14.0. The molecule has 5 nitrogen and oxygen atoms in total. The Morgan fingerprint density at radius 2 is 1.90 bits per heavy atom. The molecule has 1 fully saturated rings. The molecule has 6 heteroatoms. The number of likely N-dealkylation sites (N-methyl/N-ethyl adjacent to an activating group) is 1. The molecule has 1 aliphatic heterocycles. The molecule has 2 aromatic rings. The van der Waals surface area contributed by atoms with Gasteiger partial charge in [-0.05, 0) is 50.7 Å². The largest absolute Gasteiger partial charge is 0.489 e. The second-order valence-electron chi connectivity index (χ2n) is 7.78. The smallest absolute Gasteiger partial charge is 0.251 e. The third kappa shape index (κ3) is 6.74. The van der Waals surface area contributed by atoms with Gasteiger partial charge >= 0.3 is 0 Å². The van der Waals surface area contributed by atoms with E-state index in [-0.39, 0.29) is 12.0 Å². The van der Waals surface area contributed by atoms with Gasteiger partial charge in [-0.25, -0.2) is 0 Å². The number of hydrogen-bond acceptors (Lipinski definition) is 4. The summed E-state index contributed by atoms with van der Waals surface area (Å²) in [4.78, 5) is 16.7. The van der Waals surface area contributed by atoms with Crippen LogP contribution in [0.3, 0.4) is 0 Å². The number of halogens is 1. The minimum Gasteiger partial charge on any atom is -0.489 e. The fraction of sp³-hybridized carbons (Fsp3) is 0.435. The lowest BCUT2D eigenvalue weighted by Crippen LogP contribution is -2.37. The predicted octanol–water partition coefficient (Wildman–Crippen LogP) is 3.67. The SMILES string of the molecule is CN(C)CCNC(=O)c1ccc(OC2CCN(Cc3ccccc3)CC2)c(Cl)c1. The van der Waals surface area contributed by atoms with Crippen LogP contribution in [0.1, 0.15) is 28.8 Å². The Kier molecular flexibility index (Phi) is 7.92. The second kappa shape index (κ2) is 10.6. The zero-order valence-electron chi connectivity index (χ0n) is 17.2. The molecule has 1 aliphatic rings. The molecule has 1 saturated heterocycles. The topological polar surface area (TPSA) is 44.8 Å². The summed E-state index contributed by atoms with van der Waals surface area (Å²) in [5, 5.41) is 3.38. The molecular formula is C23H30ClN3O2. The maximum absolute atomic E-state index is 12.2. The zero-order valence-corrected chi connectivity index (χ0v) is 18.0. The van der Waals surface area contributed by atoms with Crippen LogP contribution in [0.2, 0.25) is 5.02 Å². The van der Waals surface area contributed by atoms with Crippen LogP contribution in [-0.4, -0.2) is 62.1 Å². The molecule has 1 amide bonds. The van der Waals surface area contributed by atoms with Crippen LogP contribution in [0.5, 0.6) is 5.75 Å². The number of carbonyl (C=O) groups excluding carboxylic acids is 1. The number of amides is 1. The molecule has 3 rings (SSSR count). The van der Waals surface area contributed by atoms with Gasteiger partial charge < -0.3 is 15.0 Å². The number of carbonyl (C=O) groups is 1. The normalized spacial score (nSPS) is 15.4. The summed E-state index contributed by atoms with van der Waals surface area (Å²) in [6, 6.07) is 15.8. The molecule has 0 atom stereocenters. The van der Waals surface area contributed by atoms with Crippen molar-refractivity contribution in [2.45, 2.75) is 25.5 Å². The maximum atomic E-state index is 12.2. The molecule has 0 spiro atoms. The number of nitrogens with one attached hydrogen (secondary N) is 1. The third-order valence-electron chi connectivity index (χ3n) is 5.12. The number of rotatable bonds is 8. The van der Waals surface area contributed by atoms with Crippen LogP contribution in [0, 0.1) is 0 Å². The van der Waals surface area contributed by atoms with E-state index in [9.17, 15) is 4.79 Å². The van der Waals surface area contributed by atoms with Crippen LogP contribution in [-0.2, 0) is 6.54 Å². The zero-order chi connectivity index (χ0) is 20.6. The predicted molar refractivity (Wildman–Crippen MR) is 118 cm³/mol. The molecule has 0 aromatic heterocycles. The Balaban J connectivity index is 1.47. The van der Waals surface area contributed by atoms with Crippen molar-refractivity contribution in [3.63, 3.8) is 0 Å². The molecule has 0 bridgehead atoms. The summed E-state index contributed by atoms with van der Waals surface area (Å²) in [5.41, 5.74) is 1.90. The van der Waals surface area contributed by atoms with Crippen molar-refractivity contribution >= 4 is 17.5 Å². The second-order valence-corrected chi connectivity index (χ2v) is 8.19. The van der Waals surface area contributed by atoms with Crippen molar-refractivity contribution < 1.29 is 9.53 Å². The van der Waals surface area contributed by atoms with Crippen LogP contribution >= 0.6 is 11.6 Å². The Labute approximate surface area is 178 Å². The number of benzene rings is 2. The molecule has 156 valence electrons. The van der Waals surface area contributed by atoms with Crippen molar-refractivity contribution in [1.29, 1.82) is 0 Å². The summed E-state index contributed by atoms with van der Waals surface area (Å²) < 4.78 is 6.13. The molecule has 1 heterocycles. The number of nitrogens with zero attached hydrogens (tertiary/aromatic N) is 2. The van der Waals surface area contributed by atoms with Gasteiger partial charge in [0.15, 0.2) is 0 Å². The van der Waals surface area contributed by atoms with Gasteiger partial charge in [-0.2, -0.15) is 0 Å². The lowest BCUT2D eigenvalue weighted by Gasteiger charge is -2.32. The minimum atomic E-state index is -0.116. The first kappa shape index (κ1) is 21.6. The number of piperidine rings is 1. The van der Waals surface area contributed by atoms with E-state index in [2.05, 4.69) is 34.5 Å². The Morgan fingerprint density at radius 1 is 1.17 bits per heavy atom. The summed E-state index contributed by atoms with van der Waals surface area (Å²) >= 11 is 6.39. The molecular weight excluding hydrogens is 386 g/mol. The van der Waals surface area contributed by atoms with E-state index in [1.807, 2.05) is 25.1 Å². The van der Waals surface area contributed by atoms with Gasteiger partial charge in [-0.15, -0.1) is 0 Å². The molecule has 2 aromatic carbocycles. The number of likely N-dealkylation sites (tertiary alicyclic amines) is 1. The molecule has 0 saturated carbocycles. The standard InChI is InChI=1S/C23H30ClN3O2/c1-26(2)15-12-25-23(28)19-8-9-22(21(24)16-19)29-20-10-13-27(14-11-20)17-18-6-4-3-5-7-18/h3-9,16,20H,10-15,17H2,1-2H3,(H,25,28). The van der Waals surface area contributed by atoms with Crippen molar-refractivity contribution in [2.24, 2.45) is 0 Å². The first-order valence-corrected chi connectivity index (χ1v) is 10.5. The summed E-state index contributed by atoms with van der Waals surface area (Å²) in [6.45, 7) is 4.38. The Morgan fingerprint density at radius 3 is 2.55 bits per heavy atom. The maximum Gasteiger partial charge on any atom is 0.251 e. The van der Waals surface area contributed by atoms with Crippen molar-refractivity contribution in [2.75, 3.05) is 40.3 Å². The summed E-state index contributed by atoms with van der Waals surface area (Å²) in [6.07, 6.45) is 2.09. The van der Waals surface area contributed by atoms with E-state index in [1.165, 1.54) is 5.56 Å². The van der Waals surface area contributed by atoms with E-state index in [4.69, 9.17) is 16.3 Å². The highest BCUT2D eigenvalue weighted by Crippen LogP contribution is 2.28. The molecule has 0 unspecified atom stereocenters. The highest BCUT2D eigenvalue weighted by atomic mass is 35.5. The lowest BCUT2D eigenvalue weighted by atomic mass is 10.1. The summed E-state index contributed by atoms with van der Waals surface area (Å²) in [5.74, 6) is 0.535. The highest BCUT2D eigenvalue weighted by Gasteiger charge is 2.21. The van der Waals surface area contributed by atoms with Gasteiger partial charge in [0.2, 0.25) is 0 Å². The van der Waals surface area contributed by atoms with Crippen molar-refractivity contribution in [3.05, 3.63) is 64.7 Å². The van der Waals surface area contributed by atoms with Gasteiger partial charge in [-0.1, -0.05) is 41.9 Å². The van der Waals surface area contributed by atoms with Crippen LogP contribution in [0.4, 0.5) is 0 Å². The van der Waals surface area contributed by atoms with E-state index >= 15 is 0 Å². The summed E-state index contributed by atoms with van der Waals surface area (Å²) in [7, 11) is 3.95. The van der Waals surface area contributed by atoms with E-state index in [1.54, 1.807) is 18.2 Å². The monoisotopic (exact) mass is 415 g/mol. The molecule has 0 aliphatic carbocycles. The fourth-order valence-electron chi connectivity index (χ4n) is 3.44. The fourth-order valence-corrected chi connectivity index (χ4v) is 3.66. The van der Waals surface area contributed by atoms with E-state index < -0.39 is 0 Å². The van der Waals surface area contributed by atoms with Crippen molar-refractivity contribution in [3.8, 4) is 5.75 Å². The van der Waals surface area contributed by atoms with Gasteiger partial charge in [0.05, 0.1) is 5.02 Å². The number of hydrogen-bond donors (Lipinski definition) is 1.